The summed E-state index contributed by atoms with van der Waals surface area (Å²) in [5.41, 5.74) is 0. The first-order chi connectivity index (χ1) is 7.39. The number of rotatable bonds is 9. The maximum Gasteiger partial charge on any atom is 0.148 e. The number of nitrogens with one attached hydrogen (secondary N) is 1. The third kappa shape index (κ3) is 9.12. The maximum absolute atomic E-state index is 11.0. The van der Waals surface area contributed by atoms with Gasteiger partial charge in [0.05, 0.1) is 5.75 Å². The van der Waals surface area contributed by atoms with E-state index in [1.54, 1.807) is 0 Å². The molecule has 0 saturated heterocycles. The van der Waals surface area contributed by atoms with Crippen LogP contribution in [-0.2, 0) is 9.84 Å². The Morgan fingerprint density at radius 1 is 1.25 bits per heavy atom. The Hall–Kier alpha value is -0.130. The second-order valence-corrected chi connectivity index (χ2v) is 6.51. The predicted octanol–water partition coefficient (Wildman–Crippen LogP) is 0.741. The van der Waals surface area contributed by atoms with Crippen molar-refractivity contribution in [3.63, 3.8) is 0 Å². The van der Waals surface area contributed by atoms with E-state index in [2.05, 4.69) is 24.1 Å². The van der Waals surface area contributed by atoms with Crippen LogP contribution in [-0.4, -0.2) is 57.5 Å². The van der Waals surface area contributed by atoms with Gasteiger partial charge >= 0.3 is 0 Å². The highest BCUT2D eigenvalue weighted by Crippen LogP contribution is 1.92. The average Bonchev–Trinajstić information content (AvgIpc) is 2.15. The van der Waals surface area contributed by atoms with E-state index in [1.807, 2.05) is 6.92 Å². The van der Waals surface area contributed by atoms with Crippen LogP contribution < -0.4 is 5.32 Å². The van der Waals surface area contributed by atoms with Crippen LogP contribution in [0, 0.1) is 0 Å². The van der Waals surface area contributed by atoms with Gasteiger partial charge in [0.25, 0.3) is 0 Å². The maximum atomic E-state index is 11.0. The van der Waals surface area contributed by atoms with Crippen molar-refractivity contribution < 1.29 is 8.42 Å². The third-order valence-corrected chi connectivity index (χ3v) is 3.70. The molecule has 0 rings (SSSR count). The highest BCUT2D eigenvalue weighted by atomic mass is 32.2. The first kappa shape index (κ1) is 15.9. The quantitative estimate of drug-likeness (QED) is 0.613. The minimum Gasteiger partial charge on any atom is -0.313 e. The van der Waals surface area contributed by atoms with E-state index < -0.39 is 9.84 Å². The molecule has 16 heavy (non-hydrogen) atoms. The van der Waals surface area contributed by atoms with Gasteiger partial charge in [-0.05, 0) is 39.5 Å². The van der Waals surface area contributed by atoms with Crippen LogP contribution in [0.25, 0.3) is 0 Å². The van der Waals surface area contributed by atoms with Crippen molar-refractivity contribution in [2.24, 2.45) is 0 Å². The summed E-state index contributed by atoms with van der Waals surface area (Å²) in [7, 11) is -2.86. The van der Waals surface area contributed by atoms with Crippen LogP contribution in [0.5, 0.6) is 0 Å². The van der Waals surface area contributed by atoms with Crippen LogP contribution in [0.3, 0.4) is 0 Å². The van der Waals surface area contributed by atoms with Gasteiger partial charge in [-0.25, -0.2) is 8.42 Å². The van der Waals surface area contributed by atoms with Gasteiger partial charge in [0.1, 0.15) is 9.84 Å². The summed E-state index contributed by atoms with van der Waals surface area (Å²) in [5, 5.41) is 3.24. The molecule has 0 aromatic heterocycles. The van der Waals surface area contributed by atoms with Crippen molar-refractivity contribution in [3.05, 3.63) is 0 Å². The van der Waals surface area contributed by atoms with Gasteiger partial charge in [-0.15, -0.1) is 0 Å². The molecule has 1 atom stereocenters. The lowest BCUT2D eigenvalue weighted by Gasteiger charge is -2.19. The highest BCUT2D eigenvalue weighted by Gasteiger charge is 2.09. The fourth-order valence-corrected chi connectivity index (χ4v) is 2.73. The van der Waals surface area contributed by atoms with Gasteiger partial charge in [-0.1, -0.05) is 13.8 Å². The fraction of sp³-hybridized carbons (Fsp3) is 1.00. The summed E-state index contributed by atoms with van der Waals surface area (Å²) in [6.45, 7) is 10.3. The Labute approximate surface area is 100 Å². The molecule has 1 N–H and O–H groups in total. The van der Waals surface area contributed by atoms with Crippen LogP contribution in [0.1, 0.15) is 27.2 Å². The Morgan fingerprint density at radius 3 is 2.25 bits per heavy atom. The zero-order valence-corrected chi connectivity index (χ0v) is 11.8. The van der Waals surface area contributed by atoms with Crippen molar-refractivity contribution >= 4 is 9.84 Å². The van der Waals surface area contributed by atoms with Crippen LogP contribution in [0.2, 0.25) is 0 Å². The van der Waals surface area contributed by atoms with Gasteiger partial charge in [0.2, 0.25) is 0 Å². The summed E-state index contributed by atoms with van der Waals surface area (Å²) >= 11 is 0. The minimum absolute atomic E-state index is 0.0479. The molecule has 0 aliphatic carbocycles. The van der Waals surface area contributed by atoms with Crippen molar-refractivity contribution in [1.82, 2.24) is 10.2 Å². The zero-order chi connectivity index (χ0) is 12.6. The molecule has 0 amide bonds. The molecule has 0 aromatic rings. The molecule has 0 spiro atoms. The van der Waals surface area contributed by atoms with E-state index in [4.69, 9.17) is 0 Å². The normalized spacial score (nSPS) is 14.3. The second kappa shape index (κ2) is 8.03. The molecule has 0 saturated carbocycles. The Balaban J connectivity index is 3.59. The lowest BCUT2D eigenvalue weighted by atomic mass is 10.3. The van der Waals surface area contributed by atoms with Gasteiger partial charge < -0.3 is 10.2 Å². The van der Waals surface area contributed by atoms with Crippen molar-refractivity contribution in [3.8, 4) is 0 Å². The molecule has 0 fully saturated rings. The van der Waals surface area contributed by atoms with Crippen molar-refractivity contribution in [2.75, 3.05) is 38.2 Å². The molecule has 0 aliphatic heterocycles. The topological polar surface area (TPSA) is 49.4 Å². The molecular weight excluding hydrogens is 224 g/mol. The molecule has 4 nitrogen and oxygen atoms in total. The summed E-state index contributed by atoms with van der Waals surface area (Å²) in [5.74, 6) is 0.221. The SMILES string of the molecule is CCN(CC)CCCNC(C)CS(C)(=O)=O. The van der Waals surface area contributed by atoms with E-state index in [1.165, 1.54) is 6.26 Å². The van der Waals surface area contributed by atoms with Gasteiger partial charge in [-0.3, -0.25) is 0 Å². The Bertz CT molecular complexity index is 261. The molecule has 0 heterocycles. The number of sulfone groups is 1. The first-order valence-electron chi connectivity index (χ1n) is 6.02. The summed E-state index contributed by atoms with van der Waals surface area (Å²) in [6.07, 6.45) is 2.34. The predicted molar refractivity (Wildman–Crippen MR) is 69.6 cm³/mol. The number of hydrogen-bond donors (Lipinski definition) is 1. The Morgan fingerprint density at radius 2 is 1.81 bits per heavy atom. The summed E-state index contributed by atoms with van der Waals surface area (Å²) < 4.78 is 22.1. The molecule has 0 aliphatic rings. The van der Waals surface area contributed by atoms with Gasteiger partial charge in [-0.2, -0.15) is 0 Å². The van der Waals surface area contributed by atoms with Crippen molar-refractivity contribution in [2.45, 2.75) is 33.2 Å². The lowest BCUT2D eigenvalue weighted by Crippen LogP contribution is -2.35. The van der Waals surface area contributed by atoms with E-state index in [-0.39, 0.29) is 11.8 Å². The van der Waals surface area contributed by atoms with E-state index in [9.17, 15) is 8.42 Å². The molecule has 1 unspecified atom stereocenters. The van der Waals surface area contributed by atoms with E-state index >= 15 is 0 Å². The number of nitrogens with zero attached hydrogens (tertiary/aromatic N) is 1. The summed E-state index contributed by atoms with van der Waals surface area (Å²) in [4.78, 5) is 2.36. The third-order valence-electron chi connectivity index (χ3n) is 2.59. The molecule has 5 heteroatoms. The van der Waals surface area contributed by atoms with E-state index in [0.29, 0.717) is 0 Å². The molecule has 0 aromatic carbocycles. The summed E-state index contributed by atoms with van der Waals surface area (Å²) in [6, 6.07) is 0.0479. The second-order valence-electron chi connectivity index (χ2n) is 4.33. The van der Waals surface area contributed by atoms with Gasteiger partial charge in [0, 0.05) is 12.3 Å². The molecular formula is C11H26N2O2S. The molecule has 0 bridgehead atoms. The number of hydrogen-bond acceptors (Lipinski definition) is 4. The largest absolute Gasteiger partial charge is 0.313 e. The minimum atomic E-state index is -2.86. The fourth-order valence-electron chi connectivity index (χ4n) is 1.70. The van der Waals surface area contributed by atoms with Crippen LogP contribution in [0.4, 0.5) is 0 Å². The standard InChI is InChI=1S/C11H26N2O2S/c1-5-13(6-2)9-7-8-12-11(3)10-16(4,14)15/h11-12H,5-10H2,1-4H3. The molecule has 0 radical (unpaired) electrons. The lowest BCUT2D eigenvalue weighted by molar-refractivity contribution is 0.296. The zero-order valence-electron chi connectivity index (χ0n) is 11.0. The average molecular weight is 250 g/mol. The van der Waals surface area contributed by atoms with E-state index in [0.717, 1.165) is 32.6 Å². The van der Waals surface area contributed by atoms with Crippen molar-refractivity contribution in [1.29, 1.82) is 0 Å². The Kier molecular flexibility index (Phi) is 7.97. The molecule has 98 valence electrons. The van der Waals surface area contributed by atoms with Crippen LogP contribution >= 0.6 is 0 Å². The smallest absolute Gasteiger partial charge is 0.148 e. The van der Waals surface area contributed by atoms with Crippen LogP contribution in [0.15, 0.2) is 0 Å². The van der Waals surface area contributed by atoms with Gasteiger partial charge in [0.15, 0.2) is 0 Å². The monoisotopic (exact) mass is 250 g/mol. The highest BCUT2D eigenvalue weighted by molar-refractivity contribution is 7.90. The first-order valence-corrected chi connectivity index (χ1v) is 8.08.